The highest BCUT2D eigenvalue weighted by atomic mass is 32.1. The second-order valence-corrected chi connectivity index (χ2v) is 5.41. The maximum Gasteiger partial charge on any atom is 0.275 e. The number of rotatable bonds is 6. The summed E-state index contributed by atoms with van der Waals surface area (Å²) in [6.07, 6.45) is 1.61. The molecular weight excluding hydrogens is 278 g/mol. The van der Waals surface area contributed by atoms with E-state index in [9.17, 15) is 4.79 Å². The van der Waals surface area contributed by atoms with Gasteiger partial charge in [-0.15, -0.1) is 10.2 Å². The molecule has 0 atom stereocenters. The molecule has 0 fully saturated rings. The number of aromatic nitrogens is 4. The molecule has 8 heteroatoms. The zero-order valence-corrected chi connectivity index (χ0v) is 12.5. The molecule has 1 amide bonds. The van der Waals surface area contributed by atoms with Gasteiger partial charge in [-0.25, -0.2) is 0 Å². The van der Waals surface area contributed by atoms with Crippen molar-refractivity contribution in [3.05, 3.63) is 23.0 Å². The summed E-state index contributed by atoms with van der Waals surface area (Å²) < 4.78 is 6.91. The lowest BCUT2D eigenvalue weighted by Crippen LogP contribution is -2.18. The Kier molecular flexibility index (Phi) is 4.80. The van der Waals surface area contributed by atoms with E-state index >= 15 is 0 Å². The number of ether oxygens (including phenoxy) is 1. The molecule has 0 aliphatic rings. The van der Waals surface area contributed by atoms with Gasteiger partial charge in [0.1, 0.15) is 17.3 Å². The third-order valence-electron chi connectivity index (χ3n) is 2.51. The summed E-state index contributed by atoms with van der Waals surface area (Å²) in [5, 5.41) is 15.9. The van der Waals surface area contributed by atoms with E-state index in [-0.39, 0.29) is 11.9 Å². The Morgan fingerprint density at radius 1 is 1.50 bits per heavy atom. The Labute approximate surface area is 121 Å². The van der Waals surface area contributed by atoms with Gasteiger partial charge < -0.3 is 4.74 Å². The summed E-state index contributed by atoms with van der Waals surface area (Å²) in [6.45, 7) is 6.88. The number of nitrogens with one attached hydrogen (secondary N) is 1. The molecule has 0 aliphatic heterocycles. The first-order valence-electron chi connectivity index (χ1n) is 6.36. The van der Waals surface area contributed by atoms with E-state index in [2.05, 4.69) is 20.6 Å². The van der Waals surface area contributed by atoms with Crippen LogP contribution in [-0.2, 0) is 11.3 Å². The van der Waals surface area contributed by atoms with Gasteiger partial charge in [0.2, 0.25) is 5.13 Å². The van der Waals surface area contributed by atoms with Gasteiger partial charge in [0.05, 0.1) is 0 Å². The molecular formula is C12H17N5O2S. The molecule has 0 aromatic carbocycles. The summed E-state index contributed by atoms with van der Waals surface area (Å²) in [6, 6.07) is 1.80. The molecule has 0 saturated heterocycles. The van der Waals surface area contributed by atoms with E-state index in [0.717, 1.165) is 5.01 Å². The van der Waals surface area contributed by atoms with Crippen LogP contribution in [0.4, 0.5) is 5.13 Å². The van der Waals surface area contributed by atoms with Crippen molar-refractivity contribution in [2.24, 2.45) is 0 Å². The van der Waals surface area contributed by atoms with Crippen LogP contribution in [0, 0.1) is 0 Å². The summed E-state index contributed by atoms with van der Waals surface area (Å²) >= 11 is 1.30. The normalized spacial score (nSPS) is 11.0. The fourth-order valence-corrected chi connectivity index (χ4v) is 2.29. The number of carbonyl (C=O) groups is 1. The van der Waals surface area contributed by atoms with Crippen LogP contribution in [0.15, 0.2) is 12.3 Å². The van der Waals surface area contributed by atoms with Crippen LogP contribution in [0.3, 0.4) is 0 Å². The first kappa shape index (κ1) is 14.6. The quantitative estimate of drug-likeness (QED) is 0.882. The third-order valence-corrected chi connectivity index (χ3v) is 3.32. The van der Waals surface area contributed by atoms with E-state index in [0.29, 0.717) is 24.0 Å². The van der Waals surface area contributed by atoms with E-state index < -0.39 is 0 Å². The van der Waals surface area contributed by atoms with Crippen LogP contribution in [0.25, 0.3) is 0 Å². The zero-order chi connectivity index (χ0) is 14.5. The Morgan fingerprint density at radius 2 is 2.30 bits per heavy atom. The smallest absolute Gasteiger partial charge is 0.275 e. The lowest BCUT2D eigenvalue weighted by Gasteiger charge is -2.09. The molecule has 108 valence electrons. The minimum Gasteiger partial charge on any atom is -0.374 e. The fraction of sp³-hybridized carbons (Fsp3) is 0.500. The monoisotopic (exact) mass is 295 g/mol. The van der Waals surface area contributed by atoms with Crippen molar-refractivity contribution >= 4 is 22.4 Å². The van der Waals surface area contributed by atoms with Crippen molar-refractivity contribution in [1.29, 1.82) is 0 Å². The molecule has 0 saturated carbocycles. The van der Waals surface area contributed by atoms with E-state index in [1.54, 1.807) is 16.9 Å². The number of anilines is 1. The van der Waals surface area contributed by atoms with E-state index in [4.69, 9.17) is 4.74 Å². The number of carbonyl (C=O) groups excluding carboxylic acids is 1. The van der Waals surface area contributed by atoms with Gasteiger partial charge in [-0.3, -0.25) is 14.8 Å². The van der Waals surface area contributed by atoms with Crippen LogP contribution >= 0.6 is 11.3 Å². The molecule has 20 heavy (non-hydrogen) atoms. The Bertz CT molecular complexity index is 578. The van der Waals surface area contributed by atoms with Crippen molar-refractivity contribution in [3.63, 3.8) is 0 Å². The predicted octanol–water partition coefficient (Wildman–Crippen LogP) is 2.10. The fourth-order valence-electron chi connectivity index (χ4n) is 1.62. The summed E-state index contributed by atoms with van der Waals surface area (Å²) in [4.78, 5) is 12.2. The second kappa shape index (κ2) is 6.58. The highest BCUT2D eigenvalue weighted by Crippen LogP contribution is 2.17. The molecule has 7 nitrogen and oxygen atoms in total. The molecule has 2 aromatic rings. The number of nitrogens with zero attached hydrogens (tertiary/aromatic N) is 4. The van der Waals surface area contributed by atoms with Crippen molar-refractivity contribution in [2.75, 3.05) is 11.9 Å². The maximum atomic E-state index is 12.2. The highest BCUT2D eigenvalue weighted by Gasteiger charge is 2.16. The summed E-state index contributed by atoms with van der Waals surface area (Å²) in [5.41, 5.74) is 0.501. The molecule has 0 spiro atoms. The lowest BCUT2D eigenvalue weighted by molar-refractivity contribution is 0.101. The summed E-state index contributed by atoms with van der Waals surface area (Å²) in [5.74, 6) is -0.240. The SMILES string of the molecule is CCOCc1nnc(NC(=O)c2ccnn2C(C)C)s1. The highest BCUT2D eigenvalue weighted by molar-refractivity contribution is 7.15. The van der Waals surface area contributed by atoms with Crippen molar-refractivity contribution in [3.8, 4) is 0 Å². The summed E-state index contributed by atoms with van der Waals surface area (Å²) in [7, 11) is 0. The molecule has 0 bridgehead atoms. The number of amides is 1. The first-order valence-corrected chi connectivity index (χ1v) is 7.18. The predicted molar refractivity (Wildman–Crippen MR) is 75.8 cm³/mol. The second-order valence-electron chi connectivity index (χ2n) is 4.35. The minimum absolute atomic E-state index is 0.119. The van der Waals surface area contributed by atoms with Crippen molar-refractivity contribution in [1.82, 2.24) is 20.0 Å². The Morgan fingerprint density at radius 3 is 3.00 bits per heavy atom. The van der Waals surface area contributed by atoms with Gasteiger partial charge in [-0.05, 0) is 26.8 Å². The molecule has 2 heterocycles. The van der Waals surface area contributed by atoms with Crippen LogP contribution < -0.4 is 5.32 Å². The zero-order valence-electron chi connectivity index (χ0n) is 11.7. The molecule has 0 unspecified atom stereocenters. The third kappa shape index (κ3) is 3.40. The largest absolute Gasteiger partial charge is 0.374 e. The van der Waals surface area contributed by atoms with Crippen molar-refractivity contribution in [2.45, 2.75) is 33.4 Å². The molecule has 2 aromatic heterocycles. The van der Waals surface area contributed by atoms with Gasteiger partial charge >= 0.3 is 0 Å². The molecule has 2 rings (SSSR count). The van der Waals surface area contributed by atoms with E-state index in [1.807, 2.05) is 20.8 Å². The number of hydrogen-bond donors (Lipinski definition) is 1. The van der Waals surface area contributed by atoms with Gasteiger partial charge in [-0.2, -0.15) is 5.10 Å². The molecule has 1 N–H and O–H groups in total. The van der Waals surface area contributed by atoms with Gasteiger partial charge in [0, 0.05) is 18.8 Å². The van der Waals surface area contributed by atoms with Gasteiger partial charge in [-0.1, -0.05) is 11.3 Å². The maximum absolute atomic E-state index is 12.2. The van der Waals surface area contributed by atoms with Crippen LogP contribution in [0.1, 0.15) is 42.3 Å². The molecule has 0 radical (unpaired) electrons. The minimum atomic E-state index is -0.240. The van der Waals surface area contributed by atoms with Crippen LogP contribution in [0.2, 0.25) is 0 Å². The Balaban J connectivity index is 2.04. The lowest BCUT2D eigenvalue weighted by atomic mass is 10.3. The standard InChI is InChI=1S/C12H17N5O2S/c1-4-19-7-10-15-16-12(20-10)14-11(18)9-5-6-13-17(9)8(2)3/h5-6,8H,4,7H2,1-3H3,(H,14,16,18). The number of hydrogen-bond acceptors (Lipinski definition) is 6. The van der Waals surface area contributed by atoms with E-state index in [1.165, 1.54) is 11.3 Å². The van der Waals surface area contributed by atoms with Gasteiger partial charge in [0.25, 0.3) is 5.91 Å². The van der Waals surface area contributed by atoms with Crippen LogP contribution in [-0.4, -0.2) is 32.5 Å². The van der Waals surface area contributed by atoms with Crippen LogP contribution in [0.5, 0.6) is 0 Å². The molecule has 0 aliphatic carbocycles. The average molecular weight is 295 g/mol. The first-order chi connectivity index (χ1) is 9.61. The topological polar surface area (TPSA) is 81.9 Å². The van der Waals surface area contributed by atoms with Gasteiger partial charge in [0.15, 0.2) is 0 Å². The van der Waals surface area contributed by atoms with Crippen molar-refractivity contribution < 1.29 is 9.53 Å². The Hall–Kier alpha value is -1.80. The average Bonchev–Trinajstić information content (AvgIpc) is 3.04.